The Bertz CT molecular complexity index is 951. The Kier molecular flexibility index (Phi) is 7.81. The Labute approximate surface area is 192 Å². The first-order valence-electron chi connectivity index (χ1n) is 11.6. The molecule has 1 N–H and O–H groups in total. The molecule has 1 saturated heterocycles. The lowest BCUT2D eigenvalue weighted by molar-refractivity contribution is 0.162. The van der Waals surface area contributed by atoms with E-state index in [1.165, 1.54) is 16.7 Å². The van der Waals surface area contributed by atoms with Crippen LogP contribution in [0.5, 0.6) is 11.5 Å². The Balaban J connectivity index is 1.47. The van der Waals surface area contributed by atoms with Crippen LogP contribution in [0.25, 0.3) is 0 Å². The van der Waals surface area contributed by atoms with Gasteiger partial charge < -0.3 is 14.8 Å². The molecule has 32 heavy (non-hydrogen) atoms. The average molecular weight is 431 g/mol. The summed E-state index contributed by atoms with van der Waals surface area (Å²) in [5.41, 5.74) is 3.90. The number of piperidine rings is 1. The third-order valence-corrected chi connectivity index (χ3v) is 6.25. The van der Waals surface area contributed by atoms with E-state index in [0.717, 1.165) is 44.0 Å². The summed E-state index contributed by atoms with van der Waals surface area (Å²) >= 11 is 0. The van der Waals surface area contributed by atoms with E-state index in [-0.39, 0.29) is 6.04 Å². The second-order valence-corrected chi connectivity index (χ2v) is 8.36. The van der Waals surface area contributed by atoms with Crippen molar-refractivity contribution in [2.24, 2.45) is 0 Å². The maximum atomic E-state index is 5.66. The number of methoxy groups -OCH3 is 1. The number of ether oxygens (including phenoxy) is 2. The molecule has 4 heteroatoms. The third-order valence-electron chi connectivity index (χ3n) is 6.25. The lowest BCUT2D eigenvalue weighted by atomic mass is 9.93. The second kappa shape index (κ2) is 11.2. The van der Waals surface area contributed by atoms with Crippen LogP contribution in [0.15, 0.2) is 78.9 Å². The normalized spacial score (nSPS) is 15.9. The van der Waals surface area contributed by atoms with E-state index in [0.29, 0.717) is 12.6 Å². The topological polar surface area (TPSA) is 33.7 Å². The molecule has 1 unspecified atom stereocenters. The SMILES string of the molecule is CCOc1ccc(C(c2cccc(OC)c2)N2CCC(NCc3ccccc3)CC2)cc1. The van der Waals surface area contributed by atoms with Crippen LogP contribution in [0.4, 0.5) is 0 Å². The summed E-state index contributed by atoms with van der Waals surface area (Å²) in [6.07, 6.45) is 2.29. The first-order chi connectivity index (χ1) is 15.8. The van der Waals surface area contributed by atoms with Crippen molar-refractivity contribution in [3.05, 3.63) is 95.6 Å². The lowest BCUT2D eigenvalue weighted by Gasteiger charge is -2.38. The summed E-state index contributed by atoms with van der Waals surface area (Å²) in [6, 6.07) is 28.5. The van der Waals surface area contributed by atoms with Crippen LogP contribution in [0.2, 0.25) is 0 Å². The summed E-state index contributed by atoms with van der Waals surface area (Å²) in [5.74, 6) is 1.82. The highest BCUT2D eigenvalue weighted by atomic mass is 16.5. The number of benzene rings is 3. The van der Waals surface area contributed by atoms with Crippen LogP contribution in [0, 0.1) is 0 Å². The van der Waals surface area contributed by atoms with Crippen LogP contribution >= 0.6 is 0 Å². The summed E-state index contributed by atoms with van der Waals surface area (Å²) in [6.45, 7) is 5.75. The molecule has 0 aromatic heterocycles. The summed E-state index contributed by atoms with van der Waals surface area (Å²) in [5, 5.41) is 3.75. The smallest absolute Gasteiger partial charge is 0.119 e. The first kappa shape index (κ1) is 22.4. The minimum atomic E-state index is 0.204. The standard InChI is InChI=1S/C28H34N2O2/c1-3-32-26-14-12-23(13-15-26)28(24-10-7-11-27(20-24)31-2)30-18-16-25(17-19-30)29-21-22-8-5-4-6-9-22/h4-15,20,25,28-29H,3,16-19,21H2,1-2H3. The largest absolute Gasteiger partial charge is 0.497 e. The molecule has 1 atom stereocenters. The Hall–Kier alpha value is -2.82. The minimum absolute atomic E-state index is 0.204. The molecule has 1 fully saturated rings. The van der Waals surface area contributed by atoms with Gasteiger partial charge >= 0.3 is 0 Å². The van der Waals surface area contributed by atoms with Crippen LogP contribution in [-0.2, 0) is 6.54 Å². The van der Waals surface area contributed by atoms with Crippen LogP contribution < -0.4 is 14.8 Å². The molecule has 4 rings (SSSR count). The van der Waals surface area contributed by atoms with Crippen LogP contribution in [0.3, 0.4) is 0 Å². The Morgan fingerprint density at radius 2 is 1.62 bits per heavy atom. The molecule has 0 saturated carbocycles. The maximum Gasteiger partial charge on any atom is 0.119 e. The van der Waals surface area contributed by atoms with Crippen molar-refractivity contribution in [3.63, 3.8) is 0 Å². The van der Waals surface area contributed by atoms with Gasteiger partial charge in [0, 0.05) is 25.7 Å². The van der Waals surface area contributed by atoms with Crippen LogP contribution in [0.1, 0.15) is 42.5 Å². The molecule has 0 bridgehead atoms. The third kappa shape index (κ3) is 5.70. The number of nitrogens with zero attached hydrogens (tertiary/aromatic N) is 1. The molecule has 1 aliphatic heterocycles. The van der Waals surface area contributed by atoms with E-state index in [2.05, 4.69) is 83.0 Å². The summed E-state index contributed by atoms with van der Waals surface area (Å²) in [7, 11) is 1.73. The van der Waals surface area contributed by atoms with E-state index < -0.39 is 0 Å². The molecule has 168 valence electrons. The highest BCUT2D eigenvalue weighted by Gasteiger charge is 2.27. The zero-order valence-electron chi connectivity index (χ0n) is 19.2. The Morgan fingerprint density at radius 1 is 0.875 bits per heavy atom. The van der Waals surface area contributed by atoms with Crippen molar-refractivity contribution in [3.8, 4) is 11.5 Å². The highest BCUT2D eigenvalue weighted by molar-refractivity contribution is 5.39. The van der Waals surface area contributed by atoms with E-state index in [1.54, 1.807) is 7.11 Å². The number of hydrogen-bond donors (Lipinski definition) is 1. The van der Waals surface area contributed by atoms with Gasteiger partial charge in [-0.05, 0) is 60.7 Å². The molecule has 0 aliphatic carbocycles. The Morgan fingerprint density at radius 3 is 2.31 bits per heavy atom. The first-order valence-corrected chi connectivity index (χ1v) is 11.6. The quantitative estimate of drug-likeness (QED) is 0.490. The monoisotopic (exact) mass is 430 g/mol. The van der Waals surface area contributed by atoms with Crippen LogP contribution in [-0.4, -0.2) is 37.7 Å². The van der Waals surface area contributed by atoms with Gasteiger partial charge in [-0.2, -0.15) is 0 Å². The van der Waals surface area contributed by atoms with Gasteiger partial charge in [-0.25, -0.2) is 0 Å². The summed E-state index contributed by atoms with van der Waals surface area (Å²) in [4.78, 5) is 2.60. The van der Waals surface area contributed by atoms with Gasteiger partial charge in [-0.15, -0.1) is 0 Å². The number of rotatable bonds is 9. The van der Waals surface area contributed by atoms with E-state index in [1.807, 2.05) is 13.0 Å². The van der Waals surface area contributed by atoms with Crippen molar-refractivity contribution in [2.75, 3.05) is 26.8 Å². The van der Waals surface area contributed by atoms with Crippen molar-refractivity contribution >= 4 is 0 Å². The zero-order valence-corrected chi connectivity index (χ0v) is 19.2. The fourth-order valence-electron chi connectivity index (χ4n) is 4.56. The van der Waals surface area contributed by atoms with Gasteiger partial charge in [0.2, 0.25) is 0 Å². The molecule has 1 aliphatic rings. The fraction of sp³-hybridized carbons (Fsp3) is 0.357. The van der Waals surface area contributed by atoms with E-state index in [9.17, 15) is 0 Å². The number of hydrogen-bond acceptors (Lipinski definition) is 4. The van der Waals surface area contributed by atoms with Crippen molar-refractivity contribution in [1.82, 2.24) is 10.2 Å². The molecule has 4 nitrogen and oxygen atoms in total. The van der Waals surface area contributed by atoms with Gasteiger partial charge in [0.15, 0.2) is 0 Å². The van der Waals surface area contributed by atoms with E-state index in [4.69, 9.17) is 9.47 Å². The van der Waals surface area contributed by atoms with Gasteiger partial charge in [0.05, 0.1) is 19.8 Å². The molecule has 1 heterocycles. The predicted octanol–water partition coefficient (Wildman–Crippen LogP) is 5.44. The molecular weight excluding hydrogens is 396 g/mol. The molecular formula is C28H34N2O2. The zero-order chi connectivity index (χ0) is 22.2. The molecule has 0 amide bonds. The summed E-state index contributed by atoms with van der Waals surface area (Å²) < 4.78 is 11.2. The maximum absolute atomic E-state index is 5.66. The van der Waals surface area contributed by atoms with E-state index >= 15 is 0 Å². The average Bonchev–Trinajstić information content (AvgIpc) is 2.86. The van der Waals surface area contributed by atoms with Crippen molar-refractivity contribution in [1.29, 1.82) is 0 Å². The molecule has 3 aromatic rings. The predicted molar refractivity (Wildman–Crippen MR) is 130 cm³/mol. The fourth-order valence-corrected chi connectivity index (χ4v) is 4.56. The van der Waals surface area contributed by atoms with Crippen molar-refractivity contribution in [2.45, 2.75) is 38.4 Å². The highest BCUT2D eigenvalue weighted by Crippen LogP contribution is 2.33. The molecule has 3 aromatic carbocycles. The van der Waals surface area contributed by atoms with Gasteiger partial charge in [0.1, 0.15) is 11.5 Å². The molecule has 0 spiro atoms. The second-order valence-electron chi connectivity index (χ2n) is 8.36. The van der Waals surface area contributed by atoms with Crippen molar-refractivity contribution < 1.29 is 9.47 Å². The van der Waals surface area contributed by atoms with Gasteiger partial charge in [0.25, 0.3) is 0 Å². The number of likely N-dealkylation sites (tertiary alicyclic amines) is 1. The van der Waals surface area contributed by atoms with Gasteiger partial charge in [-0.3, -0.25) is 4.90 Å². The molecule has 0 radical (unpaired) electrons. The lowest BCUT2D eigenvalue weighted by Crippen LogP contribution is -2.43. The van der Waals surface area contributed by atoms with Gasteiger partial charge in [-0.1, -0.05) is 54.6 Å². The number of nitrogens with one attached hydrogen (secondary N) is 1. The minimum Gasteiger partial charge on any atom is -0.497 e.